The highest BCUT2D eigenvalue weighted by Gasteiger charge is 1.91. The molecule has 0 aliphatic carbocycles. The molecule has 0 aromatic rings. The quantitative estimate of drug-likeness (QED) is 0.336. The molecule has 0 saturated heterocycles. The molecular weight excluding hydrogens is 126 g/mol. The van der Waals surface area contributed by atoms with Crippen LogP contribution in [0.1, 0.15) is 34.1 Å². The summed E-state index contributed by atoms with van der Waals surface area (Å²) in [7, 11) is 0. The zero-order valence-corrected chi connectivity index (χ0v) is 7.35. The zero-order chi connectivity index (χ0) is 7.98. The van der Waals surface area contributed by atoms with E-state index in [0.29, 0.717) is 5.92 Å². The molecule has 0 radical (unpaired) electrons. The zero-order valence-electron chi connectivity index (χ0n) is 7.35. The predicted molar refractivity (Wildman–Crippen MR) is 44.2 cm³/mol. The van der Waals surface area contributed by atoms with Gasteiger partial charge in [0.25, 0.3) is 0 Å². The topological polar surface area (TPSA) is 21.6 Å². The summed E-state index contributed by atoms with van der Waals surface area (Å²) >= 11 is 0. The van der Waals surface area contributed by atoms with E-state index in [0.717, 1.165) is 18.7 Å². The third kappa shape index (κ3) is 7.47. The Kier molecular flexibility index (Phi) is 4.99. The Balaban J connectivity index is 3.13. The van der Waals surface area contributed by atoms with E-state index in [1.807, 2.05) is 13.8 Å². The van der Waals surface area contributed by atoms with Crippen molar-refractivity contribution < 1.29 is 4.84 Å². The third-order valence-corrected chi connectivity index (χ3v) is 1.03. The van der Waals surface area contributed by atoms with Gasteiger partial charge in [0.05, 0.1) is 5.71 Å². The summed E-state index contributed by atoms with van der Waals surface area (Å²) in [6.45, 7) is 8.94. The lowest BCUT2D eigenvalue weighted by Gasteiger charge is -2.01. The fraction of sp³-hybridized carbons (Fsp3) is 0.875. The van der Waals surface area contributed by atoms with E-state index < -0.39 is 0 Å². The van der Waals surface area contributed by atoms with Crippen LogP contribution in [0.4, 0.5) is 0 Å². The van der Waals surface area contributed by atoms with Gasteiger partial charge >= 0.3 is 0 Å². The Morgan fingerprint density at radius 1 is 1.40 bits per heavy atom. The summed E-state index contributed by atoms with van der Waals surface area (Å²) in [5.41, 5.74) is 0.976. The van der Waals surface area contributed by atoms with Crippen molar-refractivity contribution >= 4 is 5.71 Å². The highest BCUT2D eigenvalue weighted by atomic mass is 16.6. The van der Waals surface area contributed by atoms with Gasteiger partial charge in [-0.15, -0.1) is 0 Å². The van der Waals surface area contributed by atoms with Crippen molar-refractivity contribution in [3.05, 3.63) is 0 Å². The lowest BCUT2D eigenvalue weighted by atomic mass is 10.1. The minimum atomic E-state index is 0.701. The number of hydrogen-bond donors (Lipinski definition) is 0. The molecule has 0 aliphatic heterocycles. The molecule has 0 heterocycles. The van der Waals surface area contributed by atoms with Crippen LogP contribution in [-0.2, 0) is 4.84 Å². The summed E-state index contributed by atoms with van der Waals surface area (Å²) in [5, 5.41) is 3.81. The van der Waals surface area contributed by atoms with Crippen LogP contribution in [0.25, 0.3) is 0 Å². The Bertz CT molecular complexity index is 104. The molecular formula is C8H17NO. The summed E-state index contributed by atoms with van der Waals surface area (Å²) in [5.74, 6) is 0.701. The Hall–Kier alpha value is -0.530. The molecule has 0 atom stereocenters. The van der Waals surface area contributed by atoms with Crippen LogP contribution in [0, 0.1) is 5.92 Å². The second-order valence-electron chi connectivity index (χ2n) is 3.05. The van der Waals surface area contributed by atoms with E-state index in [1.54, 1.807) is 0 Å². The molecule has 0 amide bonds. The molecule has 2 heteroatoms. The molecule has 0 spiro atoms. The number of hydrogen-bond acceptors (Lipinski definition) is 2. The fourth-order valence-corrected chi connectivity index (χ4v) is 0.463. The van der Waals surface area contributed by atoms with Gasteiger partial charge < -0.3 is 4.84 Å². The van der Waals surface area contributed by atoms with E-state index in [-0.39, 0.29) is 0 Å². The first-order valence-corrected chi connectivity index (χ1v) is 3.76. The Morgan fingerprint density at radius 3 is 2.40 bits per heavy atom. The monoisotopic (exact) mass is 143 g/mol. The average molecular weight is 143 g/mol. The highest BCUT2D eigenvalue weighted by molar-refractivity contribution is 5.78. The van der Waals surface area contributed by atoms with Gasteiger partial charge in [0.15, 0.2) is 0 Å². The first-order chi connectivity index (χ1) is 4.63. The van der Waals surface area contributed by atoms with Crippen LogP contribution in [0.3, 0.4) is 0 Å². The minimum absolute atomic E-state index is 0.701. The van der Waals surface area contributed by atoms with Gasteiger partial charge in [0, 0.05) is 0 Å². The first-order valence-electron chi connectivity index (χ1n) is 3.76. The van der Waals surface area contributed by atoms with Crippen LogP contribution in [0.15, 0.2) is 5.16 Å². The van der Waals surface area contributed by atoms with Crippen LogP contribution in [0.5, 0.6) is 0 Å². The molecule has 0 aromatic heterocycles. The molecule has 0 saturated carbocycles. The fourth-order valence-electron chi connectivity index (χ4n) is 0.463. The van der Waals surface area contributed by atoms with Crippen LogP contribution < -0.4 is 0 Å². The predicted octanol–water partition coefficient (Wildman–Crippen LogP) is 2.44. The third-order valence-electron chi connectivity index (χ3n) is 1.03. The van der Waals surface area contributed by atoms with E-state index >= 15 is 0 Å². The Morgan fingerprint density at radius 2 is 2.00 bits per heavy atom. The van der Waals surface area contributed by atoms with Crippen molar-refractivity contribution in [3.8, 4) is 0 Å². The van der Waals surface area contributed by atoms with Crippen LogP contribution >= 0.6 is 0 Å². The molecule has 0 fully saturated rings. The molecule has 0 rings (SSSR count). The largest absolute Gasteiger partial charge is 0.396 e. The van der Waals surface area contributed by atoms with Crippen molar-refractivity contribution in [1.29, 1.82) is 0 Å². The van der Waals surface area contributed by atoms with E-state index in [2.05, 4.69) is 19.0 Å². The van der Waals surface area contributed by atoms with Crippen LogP contribution in [-0.4, -0.2) is 12.3 Å². The first kappa shape index (κ1) is 9.47. The van der Waals surface area contributed by atoms with Crippen molar-refractivity contribution in [1.82, 2.24) is 0 Å². The van der Waals surface area contributed by atoms with Crippen molar-refractivity contribution in [2.45, 2.75) is 34.1 Å². The summed E-state index contributed by atoms with van der Waals surface area (Å²) in [6, 6.07) is 0. The smallest absolute Gasteiger partial charge is 0.117 e. The lowest BCUT2D eigenvalue weighted by molar-refractivity contribution is 0.132. The molecule has 0 N–H and O–H groups in total. The SMILES string of the molecule is CC(C)=NOCCC(C)C. The normalized spacial score (nSPS) is 9.70. The molecule has 0 aliphatic rings. The molecule has 0 unspecified atom stereocenters. The average Bonchev–Trinajstić information content (AvgIpc) is 1.79. The maximum atomic E-state index is 4.99. The second kappa shape index (κ2) is 5.27. The summed E-state index contributed by atoms with van der Waals surface area (Å²) in [4.78, 5) is 4.99. The van der Waals surface area contributed by atoms with Gasteiger partial charge in [-0.1, -0.05) is 19.0 Å². The van der Waals surface area contributed by atoms with Gasteiger partial charge in [-0.2, -0.15) is 0 Å². The van der Waals surface area contributed by atoms with Gasteiger partial charge in [-0.25, -0.2) is 0 Å². The van der Waals surface area contributed by atoms with Crippen LogP contribution in [0.2, 0.25) is 0 Å². The lowest BCUT2D eigenvalue weighted by Crippen LogP contribution is -1.95. The van der Waals surface area contributed by atoms with Gasteiger partial charge in [0.1, 0.15) is 6.61 Å². The van der Waals surface area contributed by atoms with Crippen molar-refractivity contribution in [2.24, 2.45) is 11.1 Å². The van der Waals surface area contributed by atoms with E-state index in [1.165, 1.54) is 0 Å². The molecule has 60 valence electrons. The van der Waals surface area contributed by atoms with Gasteiger partial charge in [-0.3, -0.25) is 0 Å². The Labute approximate surface area is 63.3 Å². The number of oxime groups is 1. The minimum Gasteiger partial charge on any atom is -0.396 e. The molecule has 10 heavy (non-hydrogen) atoms. The molecule has 0 bridgehead atoms. The van der Waals surface area contributed by atoms with Crippen molar-refractivity contribution in [2.75, 3.05) is 6.61 Å². The highest BCUT2D eigenvalue weighted by Crippen LogP contribution is 1.98. The summed E-state index contributed by atoms with van der Waals surface area (Å²) in [6.07, 6.45) is 1.08. The van der Waals surface area contributed by atoms with E-state index in [4.69, 9.17) is 4.84 Å². The maximum Gasteiger partial charge on any atom is 0.117 e. The molecule has 2 nitrogen and oxygen atoms in total. The number of rotatable bonds is 4. The summed E-state index contributed by atoms with van der Waals surface area (Å²) < 4.78 is 0. The number of nitrogens with zero attached hydrogens (tertiary/aromatic N) is 1. The van der Waals surface area contributed by atoms with Gasteiger partial charge in [-0.05, 0) is 26.2 Å². The van der Waals surface area contributed by atoms with Crippen molar-refractivity contribution in [3.63, 3.8) is 0 Å². The standard InChI is InChI=1S/C8H17NO/c1-7(2)5-6-10-9-8(3)4/h7H,5-6H2,1-4H3. The second-order valence-corrected chi connectivity index (χ2v) is 3.05. The van der Waals surface area contributed by atoms with Gasteiger partial charge in [0.2, 0.25) is 0 Å². The maximum absolute atomic E-state index is 4.99. The van der Waals surface area contributed by atoms with E-state index in [9.17, 15) is 0 Å². The molecule has 0 aromatic carbocycles.